The first-order valence-corrected chi connectivity index (χ1v) is 19.1. The van der Waals surface area contributed by atoms with Crippen LogP contribution in [0.5, 0.6) is 0 Å². The topological polar surface area (TPSA) is 274 Å². The zero-order valence-electron chi connectivity index (χ0n) is 32.4. The summed E-state index contributed by atoms with van der Waals surface area (Å²) < 4.78 is 20.6. The van der Waals surface area contributed by atoms with Gasteiger partial charge in [0.05, 0.1) is 39.6 Å². The summed E-state index contributed by atoms with van der Waals surface area (Å²) in [4.78, 5) is 93.8. The van der Waals surface area contributed by atoms with Gasteiger partial charge in [-0.25, -0.2) is 9.59 Å². The maximum absolute atomic E-state index is 12.3. The molecule has 319 valence electrons. The number of aryl methyl sites for hydroxylation is 1. The number of carbonyl (C=O) groups is 7. The van der Waals surface area contributed by atoms with E-state index < -0.39 is 41.7 Å². The van der Waals surface area contributed by atoms with E-state index in [0.717, 1.165) is 5.56 Å². The van der Waals surface area contributed by atoms with Gasteiger partial charge in [-0.05, 0) is 44.1 Å². The minimum absolute atomic E-state index is 0.0519. The van der Waals surface area contributed by atoms with Crippen molar-refractivity contribution in [2.75, 3.05) is 72.5 Å². The normalized spacial score (nSPS) is 11.8. The average Bonchev–Trinajstić information content (AvgIpc) is 3.18. The third-order valence-electron chi connectivity index (χ3n) is 7.98. The molecule has 57 heavy (non-hydrogen) atoms. The summed E-state index contributed by atoms with van der Waals surface area (Å²) in [7, 11) is 0. The van der Waals surface area contributed by atoms with Crippen molar-refractivity contribution in [3.8, 4) is 0 Å². The van der Waals surface area contributed by atoms with Crippen molar-refractivity contribution in [2.45, 2.75) is 82.7 Å². The fourth-order valence-electron chi connectivity index (χ4n) is 4.98. The van der Waals surface area contributed by atoms with E-state index in [-0.39, 0.29) is 116 Å². The summed E-state index contributed by atoms with van der Waals surface area (Å²) in [5.41, 5.74) is 1.08. The maximum Gasteiger partial charge on any atom is 0.326 e. The number of hydrogen-bond donors (Lipinski definition) is 7. The summed E-state index contributed by atoms with van der Waals surface area (Å²) in [6, 6.07) is 7.19. The van der Waals surface area contributed by atoms with E-state index in [1.807, 2.05) is 30.3 Å². The van der Waals surface area contributed by atoms with Gasteiger partial charge in [0.1, 0.15) is 25.3 Å². The van der Waals surface area contributed by atoms with Gasteiger partial charge in [-0.15, -0.1) is 0 Å². The number of amides is 5. The monoisotopic (exact) mass is 808 g/mol. The van der Waals surface area contributed by atoms with Crippen LogP contribution in [0.4, 0.5) is 0 Å². The minimum Gasteiger partial charge on any atom is -0.480 e. The Morgan fingerprint density at radius 1 is 0.544 bits per heavy atom. The summed E-state index contributed by atoms with van der Waals surface area (Å²) in [6.07, 6.45) is 4.20. The van der Waals surface area contributed by atoms with Crippen molar-refractivity contribution in [1.29, 1.82) is 0 Å². The van der Waals surface area contributed by atoms with Gasteiger partial charge in [0.15, 0.2) is 0 Å². The second-order valence-corrected chi connectivity index (χ2v) is 12.7. The Bertz CT molecular complexity index is 1350. The van der Waals surface area contributed by atoms with E-state index in [1.165, 1.54) is 0 Å². The number of nitrogens with one attached hydrogen (secondary N) is 5. The minimum atomic E-state index is -1.27. The van der Waals surface area contributed by atoms with Gasteiger partial charge < -0.3 is 55.7 Å². The molecule has 7 N–H and O–H groups in total. The first-order chi connectivity index (χ1) is 27.5. The molecule has 1 radical (unpaired) electrons. The molecule has 0 unspecified atom stereocenters. The Morgan fingerprint density at radius 3 is 1.61 bits per heavy atom. The molecule has 1 rings (SSSR count). The summed E-state index contributed by atoms with van der Waals surface area (Å²) in [6.45, 7) is 1.78. The molecule has 0 aliphatic rings. The van der Waals surface area contributed by atoms with Crippen molar-refractivity contribution >= 4 is 47.8 Å². The number of hydrogen-bond acceptors (Lipinski definition) is 12. The number of aliphatic carboxylic acids is 2. The molecule has 0 heterocycles. The Morgan fingerprint density at radius 2 is 1.05 bits per heavy atom. The largest absolute Gasteiger partial charge is 0.480 e. The Balaban J connectivity index is 2.08. The first-order valence-electron chi connectivity index (χ1n) is 19.1. The Kier molecular flexibility index (Phi) is 29.1. The van der Waals surface area contributed by atoms with Crippen LogP contribution in [0.25, 0.3) is 0 Å². The highest BCUT2D eigenvalue weighted by Crippen LogP contribution is 2.07. The molecule has 1 aromatic carbocycles. The fourth-order valence-corrected chi connectivity index (χ4v) is 4.98. The van der Waals surface area contributed by atoms with Crippen LogP contribution in [0.3, 0.4) is 0 Å². The Hall–Kier alpha value is -4.98. The van der Waals surface area contributed by atoms with Crippen LogP contribution in [0.2, 0.25) is 0 Å². The molecule has 0 aliphatic carbocycles. The zero-order chi connectivity index (χ0) is 41.9. The van der Waals surface area contributed by atoms with Gasteiger partial charge >= 0.3 is 11.9 Å². The predicted molar refractivity (Wildman–Crippen MR) is 203 cm³/mol. The van der Waals surface area contributed by atoms with Gasteiger partial charge in [0.25, 0.3) is 0 Å². The van der Waals surface area contributed by atoms with Gasteiger partial charge in [-0.2, -0.15) is 0 Å². The van der Waals surface area contributed by atoms with Crippen LogP contribution in [0.15, 0.2) is 30.3 Å². The molecule has 2 atom stereocenters. The number of carboxylic acid groups (broad SMARTS) is 2. The van der Waals surface area contributed by atoms with Crippen molar-refractivity contribution in [1.82, 2.24) is 26.6 Å². The molecule has 0 aromatic heterocycles. The Labute approximate surface area is 332 Å². The molecule has 0 spiro atoms. The number of ether oxygens (including phenoxy) is 4. The molecular weight excluding hydrogens is 750 g/mol. The van der Waals surface area contributed by atoms with Crippen LogP contribution in [0.1, 0.15) is 69.8 Å². The van der Waals surface area contributed by atoms with E-state index in [1.54, 1.807) is 6.29 Å². The van der Waals surface area contributed by atoms with Crippen molar-refractivity contribution in [3.05, 3.63) is 35.9 Å². The quantitative estimate of drug-likeness (QED) is 0.0433. The molecule has 0 fully saturated rings. The molecule has 0 bridgehead atoms. The van der Waals surface area contributed by atoms with Gasteiger partial charge in [0, 0.05) is 45.3 Å². The highest BCUT2D eigenvalue weighted by atomic mass is 16.5. The van der Waals surface area contributed by atoms with Crippen molar-refractivity contribution < 1.29 is 67.5 Å². The number of carboxylic acids is 2. The van der Waals surface area contributed by atoms with E-state index in [0.29, 0.717) is 38.6 Å². The lowest BCUT2D eigenvalue weighted by molar-refractivity contribution is -0.142. The number of rotatable bonds is 36. The molecule has 0 saturated heterocycles. The lowest BCUT2D eigenvalue weighted by Gasteiger charge is -2.15. The van der Waals surface area contributed by atoms with Crippen LogP contribution < -0.4 is 26.6 Å². The number of unbranched alkanes of at least 4 members (excludes halogenated alkanes) is 2. The lowest BCUT2D eigenvalue weighted by Crippen LogP contribution is -2.41. The van der Waals surface area contributed by atoms with Gasteiger partial charge in [-0.1, -0.05) is 36.8 Å². The standard InChI is InChI=1S/C38H58N5O14/c44-20-23-56-25-24-54-22-19-41-36(49)28-57-27-26-55-21-18-40-33(46)16-14-30(37(50)51)42-34(47)11-5-2-6-17-39-32(45)15-13-31(38(52)53)43-35(48)12-7-10-29-8-3-1-4-9-29/h1,3-4,8-9,30-31H,2,5-7,10-19,21-28H2,(H,39,45)(H,40,46)(H,41,49)(H,42,47)(H,43,48)(H,50,51)(H,52,53)/t30-,31-/m0/s1. The van der Waals surface area contributed by atoms with Crippen molar-refractivity contribution in [3.63, 3.8) is 0 Å². The average molecular weight is 809 g/mol. The molecule has 0 aliphatic heterocycles. The van der Waals surface area contributed by atoms with E-state index in [4.69, 9.17) is 18.9 Å². The number of carbonyl (C=O) groups excluding carboxylic acids is 6. The third-order valence-corrected chi connectivity index (χ3v) is 7.98. The molecule has 19 nitrogen and oxygen atoms in total. The highest BCUT2D eigenvalue weighted by Gasteiger charge is 2.22. The summed E-state index contributed by atoms with van der Waals surface area (Å²) >= 11 is 0. The molecule has 0 saturated carbocycles. The van der Waals surface area contributed by atoms with Crippen LogP contribution >= 0.6 is 0 Å². The third kappa shape index (κ3) is 29.0. The van der Waals surface area contributed by atoms with E-state index in [2.05, 4.69) is 26.6 Å². The van der Waals surface area contributed by atoms with E-state index in [9.17, 15) is 48.6 Å². The van der Waals surface area contributed by atoms with Gasteiger partial charge in [-0.3, -0.25) is 28.8 Å². The smallest absolute Gasteiger partial charge is 0.326 e. The molecular formula is C38H58N5O14. The molecule has 5 amide bonds. The lowest BCUT2D eigenvalue weighted by atomic mass is 10.1. The van der Waals surface area contributed by atoms with Crippen LogP contribution in [-0.4, -0.2) is 143 Å². The predicted octanol–water partition coefficient (Wildman–Crippen LogP) is -0.206. The van der Waals surface area contributed by atoms with Gasteiger partial charge in [0.2, 0.25) is 35.8 Å². The second kappa shape index (κ2) is 33.2. The maximum atomic E-state index is 12.3. The highest BCUT2D eigenvalue weighted by molar-refractivity contribution is 5.85. The fraction of sp³-hybridized carbons (Fsp3) is 0.632. The second-order valence-electron chi connectivity index (χ2n) is 12.7. The molecule has 1 aromatic rings. The molecule has 19 heteroatoms. The number of benzene rings is 1. The van der Waals surface area contributed by atoms with Crippen molar-refractivity contribution in [2.24, 2.45) is 0 Å². The zero-order valence-corrected chi connectivity index (χ0v) is 32.4. The summed E-state index contributed by atoms with van der Waals surface area (Å²) in [5, 5.41) is 31.7. The van der Waals surface area contributed by atoms with Crippen LogP contribution in [0, 0.1) is 0 Å². The first kappa shape index (κ1) is 50.0. The van der Waals surface area contributed by atoms with E-state index >= 15 is 0 Å². The SMILES string of the molecule is O=[C]COCCOCCNC(=O)COCCOCCNC(=O)CC[C@H](NC(=O)CCCCCNC(=O)CC[C@H](NC(=O)CCCc1ccccc1)C(=O)O)C(=O)O. The van der Waals surface area contributed by atoms with Crippen LogP contribution in [-0.2, 0) is 63.7 Å². The summed E-state index contributed by atoms with van der Waals surface area (Å²) in [5.74, 6) is -4.47.